The van der Waals surface area contributed by atoms with Crippen molar-refractivity contribution in [1.82, 2.24) is 0 Å². The number of aldehydes is 2. The zero-order valence-corrected chi connectivity index (χ0v) is 14.0. The van der Waals surface area contributed by atoms with Crippen LogP contribution in [0.2, 0.25) is 0 Å². The van der Waals surface area contributed by atoms with Gasteiger partial charge in [-0.05, 0) is 40.2 Å². The van der Waals surface area contributed by atoms with E-state index in [0.717, 1.165) is 0 Å². The predicted octanol–water partition coefficient (Wildman–Crippen LogP) is 3.19. The van der Waals surface area contributed by atoms with E-state index in [1.165, 1.54) is 20.3 Å². The molecule has 0 aliphatic heterocycles. The summed E-state index contributed by atoms with van der Waals surface area (Å²) >= 11 is 3.12. The van der Waals surface area contributed by atoms with Gasteiger partial charge in [0.1, 0.15) is 0 Å². The summed E-state index contributed by atoms with van der Waals surface area (Å²) in [5.41, 5.74) is 0.443. The molecule has 122 valence electrons. The SMILES string of the molecule is COc1ccc(Br)c(C=O)c1O.COc1cccc(C=O)c1O. The Morgan fingerprint density at radius 3 is 2.04 bits per heavy atom. The number of ether oxygens (including phenoxy) is 2. The largest absolute Gasteiger partial charge is 0.504 e. The maximum atomic E-state index is 10.5. The Morgan fingerprint density at radius 2 is 1.52 bits per heavy atom. The van der Waals surface area contributed by atoms with Gasteiger partial charge in [0.25, 0.3) is 0 Å². The van der Waals surface area contributed by atoms with Crippen LogP contribution in [0, 0.1) is 0 Å². The van der Waals surface area contributed by atoms with Crippen LogP contribution >= 0.6 is 15.9 Å². The Bertz CT molecular complexity index is 699. The molecular formula is C16H15BrO6. The van der Waals surface area contributed by atoms with E-state index in [1.807, 2.05) is 0 Å². The summed E-state index contributed by atoms with van der Waals surface area (Å²) in [6.07, 6.45) is 1.15. The summed E-state index contributed by atoms with van der Waals surface area (Å²) in [6, 6.07) is 7.96. The fourth-order valence-electron chi connectivity index (χ4n) is 1.64. The van der Waals surface area contributed by atoms with E-state index >= 15 is 0 Å². The summed E-state index contributed by atoms with van der Waals surface area (Å²) in [7, 11) is 2.86. The summed E-state index contributed by atoms with van der Waals surface area (Å²) in [5.74, 6) is 0.363. The average molecular weight is 383 g/mol. The van der Waals surface area contributed by atoms with E-state index < -0.39 is 0 Å². The zero-order valence-electron chi connectivity index (χ0n) is 12.4. The van der Waals surface area contributed by atoms with Crippen molar-refractivity contribution < 1.29 is 29.3 Å². The van der Waals surface area contributed by atoms with E-state index in [1.54, 1.807) is 24.3 Å². The number of methoxy groups -OCH3 is 2. The molecule has 2 rings (SSSR count). The van der Waals surface area contributed by atoms with Gasteiger partial charge in [0, 0.05) is 4.47 Å². The summed E-state index contributed by atoms with van der Waals surface area (Å²) in [5, 5.41) is 18.6. The standard InChI is InChI=1S/C8H7BrO3.C8H8O3/c1-12-7-3-2-6(9)5(4-10)8(7)11;1-11-7-4-2-3-6(5-9)8(7)10/h2-4,11H,1H3;2-5,10H,1H3. The van der Waals surface area contributed by atoms with Crippen LogP contribution in [0.25, 0.3) is 0 Å². The Balaban J connectivity index is 0.000000231. The summed E-state index contributed by atoms with van der Waals surface area (Å²) in [4.78, 5) is 20.8. The smallest absolute Gasteiger partial charge is 0.169 e. The second-order valence-electron chi connectivity index (χ2n) is 4.15. The molecule has 0 saturated heterocycles. The second kappa shape index (κ2) is 8.79. The third-order valence-electron chi connectivity index (χ3n) is 2.84. The van der Waals surface area contributed by atoms with Crippen LogP contribution in [0.4, 0.5) is 0 Å². The molecule has 2 aromatic rings. The topological polar surface area (TPSA) is 93.1 Å². The molecule has 2 aromatic carbocycles. The van der Waals surface area contributed by atoms with Crippen LogP contribution in [0.5, 0.6) is 23.0 Å². The minimum Gasteiger partial charge on any atom is -0.504 e. The van der Waals surface area contributed by atoms with Gasteiger partial charge in [-0.3, -0.25) is 9.59 Å². The van der Waals surface area contributed by atoms with E-state index in [4.69, 9.17) is 9.47 Å². The summed E-state index contributed by atoms with van der Waals surface area (Å²) in [6.45, 7) is 0. The lowest BCUT2D eigenvalue weighted by Gasteiger charge is -2.05. The lowest BCUT2D eigenvalue weighted by Crippen LogP contribution is -1.89. The minimum atomic E-state index is -0.137. The Hall–Kier alpha value is -2.54. The number of halogens is 1. The van der Waals surface area contributed by atoms with Gasteiger partial charge in [0.15, 0.2) is 35.6 Å². The molecule has 0 atom stereocenters. The van der Waals surface area contributed by atoms with Crippen molar-refractivity contribution >= 4 is 28.5 Å². The highest BCUT2D eigenvalue weighted by Gasteiger charge is 2.10. The number of hydrogen-bond acceptors (Lipinski definition) is 6. The molecule has 6 nitrogen and oxygen atoms in total. The highest BCUT2D eigenvalue weighted by molar-refractivity contribution is 9.10. The lowest BCUT2D eigenvalue weighted by molar-refractivity contribution is 0.111. The van der Waals surface area contributed by atoms with Crippen LogP contribution in [-0.4, -0.2) is 37.0 Å². The molecule has 0 bridgehead atoms. The van der Waals surface area contributed by atoms with Crippen molar-refractivity contribution in [3.8, 4) is 23.0 Å². The molecule has 0 saturated carbocycles. The molecule has 0 aromatic heterocycles. The van der Waals surface area contributed by atoms with Gasteiger partial charge < -0.3 is 19.7 Å². The van der Waals surface area contributed by atoms with E-state index in [-0.39, 0.29) is 22.6 Å². The normalized spacial score (nSPS) is 9.35. The molecule has 0 heterocycles. The fraction of sp³-hybridized carbons (Fsp3) is 0.125. The maximum absolute atomic E-state index is 10.5. The van der Waals surface area contributed by atoms with Crippen molar-refractivity contribution in [1.29, 1.82) is 0 Å². The molecule has 0 fully saturated rings. The fourth-order valence-corrected chi connectivity index (χ4v) is 2.05. The first-order valence-electron chi connectivity index (χ1n) is 6.31. The zero-order chi connectivity index (χ0) is 17.4. The number of phenolic OH excluding ortho intramolecular Hbond substituents is 2. The van der Waals surface area contributed by atoms with Crippen LogP contribution in [0.1, 0.15) is 20.7 Å². The number of carbonyl (C=O) groups is 2. The Morgan fingerprint density at radius 1 is 0.913 bits per heavy atom. The van der Waals surface area contributed by atoms with E-state index in [9.17, 15) is 19.8 Å². The van der Waals surface area contributed by atoms with Gasteiger partial charge in [-0.25, -0.2) is 0 Å². The number of para-hydroxylation sites is 1. The van der Waals surface area contributed by atoms with E-state index in [0.29, 0.717) is 28.5 Å². The monoisotopic (exact) mass is 382 g/mol. The molecule has 0 spiro atoms. The number of benzene rings is 2. The van der Waals surface area contributed by atoms with Crippen LogP contribution in [-0.2, 0) is 0 Å². The Labute approximate surface area is 141 Å². The molecule has 0 aliphatic rings. The number of rotatable bonds is 4. The first kappa shape index (κ1) is 18.5. The quantitative estimate of drug-likeness (QED) is 0.788. The summed E-state index contributed by atoms with van der Waals surface area (Å²) < 4.78 is 10.1. The molecule has 0 amide bonds. The third kappa shape index (κ3) is 4.46. The molecule has 0 radical (unpaired) electrons. The first-order valence-corrected chi connectivity index (χ1v) is 7.11. The molecular weight excluding hydrogens is 368 g/mol. The van der Waals surface area contributed by atoms with Crippen molar-refractivity contribution in [3.63, 3.8) is 0 Å². The highest BCUT2D eigenvalue weighted by Crippen LogP contribution is 2.33. The molecule has 0 aliphatic carbocycles. The molecule has 2 N–H and O–H groups in total. The first-order chi connectivity index (χ1) is 11.0. The van der Waals surface area contributed by atoms with Crippen molar-refractivity contribution in [3.05, 3.63) is 45.9 Å². The van der Waals surface area contributed by atoms with Gasteiger partial charge in [0.2, 0.25) is 0 Å². The van der Waals surface area contributed by atoms with Gasteiger partial charge in [-0.2, -0.15) is 0 Å². The number of hydrogen-bond donors (Lipinski definition) is 2. The molecule has 7 heteroatoms. The van der Waals surface area contributed by atoms with Crippen LogP contribution in [0.15, 0.2) is 34.8 Å². The van der Waals surface area contributed by atoms with Gasteiger partial charge in [0.05, 0.1) is 25.3 Å². The van der Waals surface area contributed by atoms with Crippen molar-refractivity contribution in [2.24, 2.45) is 0 Å². The average Bonchev–Trinajstić information content (AvgIpc) is 2.56. The van der Waals surface area contributed by atoms with Gasteiger partial charge in [-0.1, -0.05) is 6.07 Å². The van der Waals surface area contributed by atoms with Crippen molar-refractivity contribution in [2.75, 3.05) is 14.2 Å². The number of carbonyl (C=O) groups excluding carboxylic acids is 2. The lowest BCUT2D eigenvalue weighted by atomic mass is 10.2. The second-order valence-corrected chi connectivity index (χ2v) is 5.00. The van der Waals surface area contributed by atoms with Crippen LogP contribution < -0.4 is 9.47 Å². The van der Waals surface area contributed by atoms with Gasteiger partial charge >= 0.3 is 0 Å². The molecule has 23 heavy (non-hydrogen) atoms. The van der Waals surface area contributed by atoms with Crippen LogP contribution in [0.3, 0.4) is 0 Å². The maximum Gasteiger partial charge on any atom is 0.169 e. The highest BCUT2D eigenvalue weighted by atomic mass is 79.9. The van der Waals surface area contributed by atoms with Gasteiger partial charge in [-0.15, -0.1) is 0 Å². The van der Waals surface area contributed by atoms with Crippen molar-refractivity contribution in [2.45, 2.75) is 0 Å². The third-order valence-corrected chi connectivity index (χ3v) is 3.53. The predicted molar refractivity (Wildman–Crippen MR) is 87.8 cm³/mol. The Kier molecular flexibility index (Phi) is 7.08. The minimum absolute atomic E-state index is 0.106. The van der Waals surface area contributed by atoms with E-state index in [2.05, 4.69) is 15.9 Å². The number of phenols is 2. The molecule has 0 unspecified atom stereocenters. The number of aromatic hydroxyl groups is 2.